The molecule has 158 valence electrons. The highest BCUT2D eigenvalue weighted by molar-refractivity contribution is 9.10. The van der Waals surface area contributed by atoms with Gasteiger partial charge in [-0.25, -0.2) is 0 Å². The van der Waals surface area contributed by atoms with Crippen molar-refractivity contribution in [1.82, 2.24) is 9.80 Å². The molecule has 0 radical (unpaired) electrons. The van der Waals surface area contributed by atoms with Crippen LogP contribution < -0.4 is 4.74 Å². The summed E-state index contributed by atoms with van der Waals surface area (Å²) in [5.74, 6) is -0.986. The summed E-state index contributed by atoms with van der Waals surface area (Å²) in [5, 5.41) is 11.6. The number of methoxy groups -OCH3 is 1. The molecule has 30 heavy (non-hydrogen) atoms. The maximum atomic E-state index is 12.9. The van der Waals surface area contributed by atoms with E-state index >= 15 is 0 Å². The highest BCUT2D eigenvalue weighted by Crippen LogP contribution is 2.40. The van der Waals surface area contributed by atoms with E-state index in [1.165, 1.54) is 12.0 Å². The first-order valence-electron chi connectivity index (χ1n) is 9.27. The van der Waals surface area contributed by atoms with Gasteiger partial charge in [0.05, 0.1) is 23.2 Å². The molecule has 1 aliphatic rings. The van der Waals surface area contributed by atoms with Crippen molar-refractivity contribution in [2.75, 3.05) is 34.3 Å². The van der Waals surface area contributed by atoms with Crippen LogP contribution in [-0.4, -0.2) is 60.9 Å². The lowest BCUT2D eigenvalue weighted by Crippen LogP contribution is -2.35. The van der Waals surface area contributed by atoms with Crippen molar-refractivity contribution in [3.05, 3.63) is 68.7 Å². The summed E-state index contributed by atoms with van der Waals surface area (Å²) in [7, 11) is 5.32. The largest absolute Gasteiger partial charge is 0.507 e. The molecule has 0 aromatic heterocycles. The first kappa shape index (κ1) is 22.3. The molecule has 2 aromatic rings. The summed E-state index contributed by atoms with van der Waals surface area (Å²) in [6, 6.07) is 11.2. The number of likely N-dealkylation sites (N-methyl/N-ethyl adjacent to an activating group) is 1. The molecule has 2 aromatic carbocycles. The van der Waals surface area contributed by atoms with Gasteiger partial charge in [-0.05, 0) is 65.9 Å². The summed E-state index contributed by atoms with van der Waals surface area (Å²) in [4.78, 5) is 29.2. The number of benzene rings is 2. The Balaban J connectivity index is 2.14. The van der Waals surface area contributed by atoms with Crippen molar-refractivity contribution < 1.29 is 19.4 Å². The topological polar surface area (TPSA) is 70.1 Å². The molecule has 0 bridgehead atoms. The molecule has 8 heteroatoms. The van der Waals surface area contributed by atoms with Gasteiger partial charge in [0.1, 0.15) is 11.5 Å². The second-order valence-corrected chi connectivity index (χ2v) is 8.49. The molecular weight excluding hydrogens is 472 g/mol. The average molecular weight is 494 g/mol. The summed E-state index contributed by atoms with van der Waals surface area (Å²) in [6.45, 7) is 0.916. The number of halogens is 2. The fourth-order valence-corrected chi connectivity index (χ4v) is 4.05. The molecular formula is C22H22BrClN2O4. The molecule has 1 amide bonds. The van der Waals surface area contributed by atoms with Gasteiger partial charge in [0.2, 0.25) is 0 Å². The minimum atomic E-state index is -0.710. The van der Waals surface area contributed by atoms with Gasteiger partial charge in [-0.2, -0.15) is 0 Å². The highest BCUT2D eigenvalue weighted by atomic mass is 79.9. The van der Waals surface area contributed by atoms with Crippen molar-refractivity contribution >= 4 is 45.0 Å². The van der Waals surface area contributed by atoms with Crippen molar-refractivity contribution in [2.45, 2.75) is 6.04 Å². The SMILES string of the molecule is COc1ccc(/C(O)=C2/C(=O)C(=O)N(CCN(C)C)C2c2ccc(Cl)cc2)cc1Br. The lowest BCUT2D eigenvalue weighted by Gasteiger charge is -2.26. The monoisotopic (exact) mass is 492 g/mol. The normalized spacial score (nSPS) is 18.3. The molecule has 3 rings (SSSR count). The van der Waals surface area contributed by atoms with Gasteiger partial charge in [-0.15, -0.1) is 0 Å². The molecule has 1 unspecified atom stereocenters. The van der Waals surface area contributed by atoms with E-state index in [1.54, 1.807) is 42.5 Å². The molecule has 0 saturated carbocycles. The Morgan fingerprint density at radius 3 is 2.43 bits per heavy atom. The van der Waals surface area contributed by atoms with Crippen LogP contribution in [-0.2, 0) is 9.59 Å². The van der Waals surface area contributed by atoms with E-state index in [4.69, 9.17) is 16.3 Å². The van der Waals surface area contributed by atoms with Gasteiger partial charge in [0.25, 0.3) is 11.7 Å². The van der Waals surface area contributed by atoms with Crippen LogP contribution in [0.1, 0.15) is 17.2 Å². The van der Waals surface area contributed by atoms with E-state index in [0.29, 0.717) is 39.5 Å². The number of carbonyl (C=O) groups excluding carboxylic acids is 2. The molecule has 6 nitrogen and oxygen atoms in total. The fraction of sp³-hybridized carbons (Fsp3) is 0.273. The standard InChI is InChI=1S/C22H22BrClN2O4/c1-25(2)10-11-26-19(13-4-7-15(24)8-5-13)18(21(28)22(26)29)20(27)14-6-9-17(30-3)16(23)12-14/h4-9,12,19,27H,10-11H2,1-3H3/b20-18-. The van der Waals surface area contributed by atoms with Crippen molar-refractivity contribution in [3.63, 3.8) is 0 Å². The van der Waals surface area contributed by atoms with Crippen molar-refractivity contribution in [1.29, 1.82) is 0 Å². The quantitative estimate of drug-likeness (QED) is 0.373. The number of amides is 1. The third-order valence-electron chi connectivity index (χ3n) is 4.94. The number of aliphatic hydroxyl groups excluding tert-OH is 1. The zero-order chi connectivity index (χ0) is 22.0. The van der Waals surface area contributed by atoms with E-state index in [-0.39, 0.29) is 11.3 Å². The minimum Gasteiger partial charge on any atom is -0.507 e. The van der Waals surface area contributed by atoms with Gasteiger partial charge in [0.15, 0.2) is 0 Å². The van der Waals surface area contributed by atoms with Crippen molar-refractivity contribution in [2.24, 2.45) is 0 Å². The number of aliphatic hydroxyl groups is 1. The Labute approximate surface area is 188 Å². The number of ether oxygens (including phenoxy) is 1. The lowest BCUT2D eigenvalue weighted by molar-refractivity contribution is -0.140. The molecule has 0 spiro atoms. The maximum absolute atomic E-state index is 12.9. The summed E-state index contributed by atoms with van der Waals surface area (Å²) in [6.07, 6.45) is 0. The number of hydrogen-bond acceptors (Lipinski definition) is 5. The lowest BCUT2D eigenvalue weighted by atomic mass is 9.95. The first-order valence-corrected chi connectivity index (χ1v) is 10.4. The van der Waals surface area contributed by atoms with E-state index in [1.807, 2.05) is 19.0 Å². The van der Waals surface area contributed by atoms with Crippen LogP contribution in [0.2, 0.25) is 5.02 Å². The van der Waals surface area contributed by atoms with Crippen LogP contribution in [0.5, 0.6) is 5.75 Å². The second kappa shape index (κ2) is 9.20. The number of rotatable bonds is 6. The van der Waals surface area contributed by atoms with Crippen LogP contribution in [0.25, 0.3) is 5.76 Å². The maximum Gasteiger partial charge on any atom is 0.295 e. The Kier molecular flexibility index (Phi) is 6.85. The predicted octanol–water partition coefficient (Wildman–Crippen LogP) is 4.09. The predicted molar refractivity (Wildman–Crippen MR) is 120 cm³/mol. The third kappa shape index (κ3) is 4.38. The van der Waals surface area contributed by atoms with Gasteiger partial charge >= 0.3 is 0 Å². The van der Waals surface area contributed by atoms with Crippen molar-refractivity contribution in [3.8, 4) is 5.75 Å². The number of ketones is 1. The van der Waals surface area contributed by atoms with E-state index < -0.39 is 17.7 Å². The molecule has 1 atom stereocenters. The zero-order valence-corrected chi connectivity index (χ0v) is 19.2. The van der Waals surface area contributed by atoms with Crippen LogP contribution in [0.4, 0.5) is 0 Å². The molecule has 1 saturated heterocycles. The number of carbonyl (C=O) groups is 2. The van der Waals surface area contributed by atoms with E-state index in [0.717, 1.165) is 0 Å². The fourth-order valence-electron chi connectivity index (χ4n) is 3.38. The third-order valence-corrected chi connectivity index (χ3v) is 5.81. The van der Waals surface area contributed by atoms with Gasteiger partial charge in [-0.1, -0.05) is 23.7 Å². The van der Waals surface area contributed by atoms with Crippen LogP contribution in [0.3, 0.4) is 0 Å². The van der Waals surface area contributed by atoms with E-state index in [2.05, 4.69) is 15.9 Å². The van der Waals surface area contributed by atoms with Gasteiger partial charge in [-0.3, -0.25) is 9.59 Å². The molecule has 1 N–H and O–H groups in total. The first-order chi connectivity index (χ1) is 14.2. The van der Waals surface area contributed by atoms with Crippen LogP contribution >= 0.6 is 27.5 Å². The highest BCUT2D eigenvalue weighted by Gasteiger charge is 2.45. The van der Waals surface area contributed by atoms with Crippen LogP contribution in [0.15, 0.2) is 52.5 Å². The smallest absolute Gasteiger partial charge is 0.295 e. The number of nitrogens with zero attached hydrogens (tertiary/aromatic N) is 2. The number of Topliss-reactive ketones (excluding diaryl/α,β-unsaturated/α-hetero) is 1. The number of hydrogen-bond donors (Lipinski definition) is 1. The minimum absolute atomic E-state index is 0.0538. The Morgan fingerprint density at radius 2 is 1.87 bits per heavy atom. The Hall–Kier alpha value is -2.35. The Morgan fingerprint density at radius 1 is 1.20 bits per heavy atom. The zero-order valence-electron chi connectivity index (χ0n) is 16.9. The summed E-state index contributed by atoms with van der Waals surface area (Å²) >= 11 is 9.41. The van der Waals surface area contributed by atoms with Crippen LogP contribution in [0, 0.1) is 0 Å². The number of likely N-dealkylation sites (tertiary alicyclic amines) is 1. The van der Waals surface area contributed by atoms with Gasteiger partial charge < -0.3 is 19.6 Å². The molecule has 1 aliphatic heterocycles. The molecule has 1 fully saturated rings. The Bertz CT molecular complexity index is 1000. The van der Waals surface area contributed by atoms with E-state index in [9.17, 15) is 14.7 Å². The summed E-state index contributed by atoms with van der Waals surface area (Å²) < 4.78 is 5.85. The molecule has 1 heterocycles. The average Bonchev–Trinajstić information content (AvgIpc) is 2.96. The summed E-state index contributed by atoms with van der Waals surface area (Å²) in [5.41, 5.74) is 1.16. The second-order valence-electron chi connectivity index (χ2n) is 7.20. The molecule has 0 aliphatic carbocycles. The van der Waals surface area contributed by atoms with Gasteiger partial charge in [0, 0.05) is 23.7 Å².